The van der Waals surface area contributed by atoms with Crippen molar-refractivity contribution in [3.63, 3.8) is 0 Å². The highest BCUT2D eigenvalue weighted by Crippen LogP contribution is 2.59. The average molecular weight is 745 g/mol. The maximum Gasteiger partial charge on any atom is 0.0620 e. The van der Waals surface area contributed by atoms with E-state index in [1.165, 1.54) is 112 Å². The molecule has 0 N–H and O–H groups in total. The van der Waals surface area contributed by atoms with E-state index in [2.05, 4.69) is 189 Å². The zero-order valence-electron chi connectivity index (χ0n) is 34.2. The summed E-state index contributed by atoms with van der Waals surface area (Å²) < 4.78 is 0. The van der Waals surface area contributed by atoms with Crippen molar-refractivity contribution in [2.24, 2.45) is 17.8 Å². The zero-order chi connectivity index (χ0) is 38.7. The van der Waals surface area contributed by atoms with Gasteiger partial charge < -0.3 is 9.80 Å². The van der Waals surface area contributed by atoms with Crippen LogP contribution < -0.4 is 9.80 Å². The van der Waals surface area contributed by atoms with Crippen molar-refractivity contribution in [2.45, 2.75) is 89.9 Å². The first-order valence-electron chi connectivity index (χ1n) is 21.7. The molecule has 2 nitrogen and oxygen atoms in total. The fourth-order valence-corrected chi connectivity index (χ4v) is 11.5. The Hall–Kier alpha value is -5.34. The molecule has 0 spiro atoms. The Morgan fingerprint density at radius 1 is 0.439 bits per heavy atom. The highest BCUT2D eigenvalue weighted by Gasteiger charge is 2.48. The van der Waals surface area contributed by atoms with Gasteiger partial charge in [-0.3, -0.25) is 0 Å². The molecule has 0 aromatic heterocycles. The lowest BCUT2D eigenvalue weighted by molar-refractivity contribution is 0.113. The average Bonchev–Trinajstić information content (AvgIpc) is 3.46. The van der Waals surface area contributed by atoms with Gasteiger partial charge in [0.2, 0.25) is 0 Å². The molecule has 4 bridgehead atoms. The van der Waals surface area contributed by atoms with Gasteiger partial charge in [-0.1, -0.05) is 125 Å². The zero-order valence-corrected chi connectivity index (χ0v) is 34.2. The van der Waals surface area contributed by atoms with Gasteiger partial charge in [0.1, 0.15) is 0 Å². The molecular weight excluding hydrogens is 689 g/mol. The van der Waals surface area contributed by atoms with Gasteiger partial charge in [-0.15, -0.1) is 0 Å². The van der Waals surface area contributed by atoms with Crippen molar-refractivity contribution in [1.29, 1.82) is 0 Å². The van der Waals surface area contributed by atoms with Crippen LogP contribution in [0.5, 0.6) is 0 Å². The third kappa shape index (κ3) is 6.42. The molecule has 11 rings (SSSR count). The lowest BCUT2D eigenvalue weighted by Crippen LogP contribution is -2.37. The van der Waals surface area contributed by atoms with Crippen LogP contribution in [0.3, 0.4) is 0 Å². The molecule has 286 valence electrons. The first-order chi connectivity index (χ1) is 27.8. The Morgan fingerprint density at radius 2 is 0.860 bits per heavy atom. The fourth-order valence-electron chi connectivity index (χ4n) is 11.5. The molecular formula is C55H56N2. The van der Waals surface area contributed by atoms with Crippen LogP contribution in [0.25, 0.3) is 21.5 Å². The number of nitrogens with zero attached hydrogens (tertiary/aromatic N) is 2. The van der Waals surface area contributed by atoms with Crippen molar-refractivity contribution in [2.75, 3.05) is 9.80 Å². The number of fused-ring (bicyclic) bond motifs is 3. The lowest BCUT2D eigenvalue weighted by atomic mass is 9.59. The van der Waals surface area contributed by atoms with E-state index >= 15 is 0 Å². The molecule has 0 saturated heterocycles. The molecule has 4 aliphatic rings. The van der Waals surface area contributed by atoms with Crippen LogP contribution in [0.1, 0.15) is 101 Å². The van der Waals surface area contributed by atoms with E-state index in [1.807, 2.05) is 0 Å². The maximum atomic E-state index is 2.68. The number of para-hydroxylation sites is 2. The van der Waals surface area contributed by atoms with Crippen molar-refractivity contribution in [3.05, 3.63) is 168 Å². The number of anilines is 6. The van der Waals surface area contributed by atoms with E-state index in [1.54, 1.807) is 5.56 Å². The standard InChI is InChI=1S/C55H56N2/c1-37(2)42-19-24-47(25-20-42)56(45-13-7-5-8-14-45)53-49-17-11-12-18-50(49)54(57(46-15-9-6-10-16-46)48-26-21-43(22-27-48)38(3)4)52-34-44(23-28-51(52)53)55-30-29-39-31-40(35-55)33-41(32-39)36-55/h5-28,34,37-41H,29-33,35-36H2,1-4H3. The first kappa shape index (κ1) is 36.0. The summed E-state index contributed by atoms with van der Waals surface area (Å²) in [6, 6.07) is 57.7. The fraction of sp³-hybridized carbons (Fsp3) is 0.309. The Morgan fingerprint density at radius 3 is 1.35 bits per heavy atom. The molecule has 7 aromatic carbocycles. The van der Waals surface area contributed by atoms with E-state index in [9.17, 15) is 0 Å². The van der Waals surface area contributed by atoms with Crippen molar-refractivity contribution < 1.29 is 0 Å². The quantitative estimate of drug-likeness (QED) is 0.107. The second-order valence-corrected chi connectivity index (χ2v) is 18.4. The molecule has 4 aliphatic carbocycles. The van der Waals surface area contributed by atoms with Gasteiger partial charge in [0.05, 0.1) is 11.4 Å². The SMILES string of the molecule is CC(C)c1ccc(N(c2ccccc2)c2c3ccccc3c(N(c3ccccc3)c3ccc(C(C)C)cc3)c3cc(C45CCC6CC(CC(C6)C4)C5)ccc23)cc1. The summed E-state index contributed by atoms with van der Waals surface area (Å²) in [6.45, 7) is 9.13. The van der Waals surface area contributed by atoms with Gasteiger partial charge in [-0.2, -0.15) is 0 Å². The lowest BCUT2D eigenvalue weighted by Gasteiger charge is -2.46. The summed E-state index contributed by atoms with van der Waals surface area (Å²) in [7, 11) is 0. The van der Waals surface area contributed by atoms with Crippen LogP contribution in [0, 0.1) is 17.8 Å². The molecule has 2 heteroatoms. The minimum Gasteiger partial charge on any atom is -0.309 e. The minimum atomic E-state index is 0.248. The summed E-state index contributed by atoms with van der Waals surface area (Å²) in [4.78, 5) is 5.08. The van der Waals surface area contributed by atoms with Crippen LogP contribution in [0.15, 0.2) is 152 Å². The molecule has 4 fully saturated rings. The molecule has 7 aromatic rings. The molecule has 2 unspecified atom stereocenters. The Balaban J connectivity index is 1.30. The van der Waals surface area contributed by atoms with Crippen LogP contribution >= 0.6 is 0 Å². The van der Waals surface area contributed by atoms with Crippen LogP contribution in [0.2, 0.25) is 0 Å². The van der Waals surface area contributed by atoms with Crippen LogP contribution in [-0.2, 0) is 5.41 Å². The van der Waals surface area contributed by atoms with Crippen molar-refractivity contribution >= 4 is 55.7 Å². The number of rotatable bonds is 9. The Bertz CT molecular complexity index is 2500. The number of hydrogen-bond acceptors (Lipinski definition) is 2. The highest BCUT2D eigenvalue weighted by molar-refractivity contribution is 6.23. The largest absolute Gasteiger partial charge is 0.309 e. The second kappa shape index (κ2) is 14.6. The predicted octanol–water partition coefficient (Wildman–Crippen LogP) is 16.0. The normalized spacial score (nSPS) is 21.4. The monoisotopic (exact) mass is 744 g/mol. The maximum absolute atomic E-state index is 2.68. The van der Waals surface area contributed by atoms with E-state index in [-0.39, 0.29) is 5.41 Å². The van der Waals surface area contributed by atoms with Gasteiger partial charge in [0, 0.05) is 44.3 Å². The summed E-state index contributed by atoms with van der Waals surface area (Å²) in [5.41, 5.74) is 11.7. The molecule has 2 atom stereocenters. The third-order valence-electron chi connectivity index (χ3n) is 14.1. The van der Waals surface area contributed by atoms with Crippen molar-refractivity contribution in [3.8, 4) is 0 Å². The van der Waals surface area contributed by atoms with Gasteiger partial charge in [0.15, 0.2) is 0 Å². The van der Waals surface area contributed by atoms with Gasteiger partial charge >= 0.3 is 0 Å². The Kier molecular flexibility index (Phi) is 9.20. The smallest absolute Gasteiger partial charge is 0.0620 e. The molecule has 0 aliphatic heterocycles. The third-order valence-corrected chi connectivity index (χ3v) is 14.1. The second-order valence-electron chi connectivity index (χ2n) is 18.4. The van der Waals surface area contributed by atoms with E-state index in [0.717, 1.165) is 17.8 Å². The molecule has 4 saturated carbocycles. The van der Waals surface area contributed by atoms with Crippen molar-refractivity contribution in [1.82, 2.24) is 0 Å². The van der Waals surface area contributed by atoms with Crippen LogP contribution in [-0.4, -0.2) is 0 Å². The van der Waals surface area contributed by atoms with Gasteiger partial charge in [0.25, 0.3) is 0 Å². The number of hydrogen-bond donors (Lipinski definition) is 0. The first-order valence-corrected chi connectivity index (χ1v) is 21.7. The van der Waals surface area contributed by atoms with E-state index in [4.69, 9.17) is 0 Å². The summed E-state index contributed by atoms with van der Waals surface area (Å²) in [6.07, 6.45) is 9.74. The highest BCUT2D eigenvalue weighted by atomic mass is 15.2. The van der Waals surface area contributed by atoms with Crippen LogP contribution in [0.4, 0.5) is 34.1 Å². The van der Waals surface area contributed by atoms with Gasteiger partial charge in [-0.25, -0.2) is 0 Å². The summed E-state index contributed by atoms with van der Waals surface area (Å²) in [5.74, 6) is 3.60. The van der Waals surface area contributed by atoms with E-state index < -0.39 is 0 Å². The molecule has 57 heavy (non-hydrogen) atoms. The predicted molar refractivity (Wildman–Crippen MR) is 243 cm³/mol. The van der Waals surface area contributed by atoms with E-state index in [0.29, 0.717) is 11.8 Å². The summed E-state index contributed by atoms with van der Waals surface area (Å²) in [5, 5.41) is 5.11. The Labute approximate surface area is 340 Å². The summed E-state index contributed by atoms with van der Waals surface area (Å²) >= 11 is 0. The topological polar surface area (TPSA) is 6.48 Å². The molecule has 0 amide bonds. The molecule has 0 heterocycles. The van der Waals surface area contributed by atoms with Gasteiger partial charge in [-0.05, 0) is 151 Å². The minimum absolute atomic E-state index is 0.248. The number of benzene rings is 7. The molecule has 0 radical (unpaired) electrons.